The van der Waals surface area contributed by atoms with Gasteiger partial charge in [0.1, 0.15) is 0 Å². The summed E-state index contributed by atoms with van der Waals surface area (Å²) in [6, 6.07) is 9.11. The van der Waals surface area contributed by atoms with E-state index >= 15 is 0 Å². The lowest BCUT2D eigenvalue weighted by Crippen LogP contribution is -2.30. The first-order valence-corrected chi connectivity index (χ1v) is 6.87. The number of benzene rings is 1. The number of para-hydroxylation sites is 1. The number of anilines is 1. The van der Waals surface area contributed by atoms with E-state index in [0.717, 1.165) is 12.8 Å². The third kappa shape index (κ3) is 4.23. The van der Waals surface area contributed by atoms with E-state index < -0.39 is 6.10 Å². The molecule has 0 saturated heterocycles. The highest BCUT2D eigenvalue weighted by atomic mass is 16.5. The Labute approximate surface area is 118 Å². The predicted octanol–water partition coefficient (Wildman–Crippen LogP) is 2.91. The predicted molar refractivity (Wildman–Crippen MR) is 77.1 cm³/mol. The molecule has 106 valence electrons. The summed E-state index contributed by atoms with van der Waals surface area (Å²) < 4.78 is 5.16. The summed E-state index contributed by atoms with van der Waals surface area (Å²) >= 11 is 0. The van der Waals surface area contributed by atoms with E-state index in [1.165, 1.54) is 0 Å². The first-order valence-electron chi connectivity index (χ1n) is 6.87. The SMILES string of the molecule is C[C@@H](OC(=O)C[C@@H]1C=CCC1)C(=O)Nc1ccccc1. The molecule has 0 spiro atoms. The second-order valence-electron chi connectivity index (χ2n) is 4.96. The minimum atomic E-state index is -0.784. The molecule has 0 unspecified atom stereocenters. The van der Waals surface area contributed by atoms with Gasteiger partial charge in [0, 0.05) is 5.69 Å². The van der Waals surface area contributed by atoms with E-state index in [0.29, 0.717) is 12.1 Å². The zero-order valence-corrected chi connectivity index (χ0v) is 11.5. The van der Waals surface area contributed by atoms with E-state index in [2.05, 4.69) is 11.4 Å². The monoisotopic (exact) mass is 273 g/mol. The molecule has 1 aromatic rings. The lowest BCUT2D eigenvalue weighted by atomic mass is 10.1. The molecule has 2 atom stereocenters. The van der Waals surface area contributed by atoms with E-state index in [1.54, 1.807) is 19.1 Å². The lowest BCUT2D eigenvalue weighted by molar-refractivity contribution is -0.153. The third-order valence-corrected chi connectivity index (χ3v) is 3.26. The van der Waals surface area contributed by atoms with Crippen molar-refractivity contribution in [2.75, 3.05) is 5.32 Å². The smallest absolute Gasteiger partial charge is 0.307 e. The maximum absolute atomic E-state index is 11.9. The van der Waals surface area contributed by atoms with Crippen molar-refractivity contribution >= 4 is 17.6 Å². The van der Waals surface area contributed by atoms with Gasteiger partial charge in [0.05, 0.1) is 6.42 Å². The van der Waals surface area contributed by atoms with Gasteiger partial charge in [-0.3, -0.25) is 9.59 Å². The maximum atomic E-state index is 11.9. The molecular formula is C16H19NO3. The van der Waals surface area contributed by atoms with Crippen molar-refractivity contribution < 1.29 is 14.3 Å². The second-order valence-corrected chi connectivity index (χ2v) is 4.96. The standard InChI is InChI=1S/C16H19NO3/c1-12(16(19)17-14-9-3-2-4-10-14)20-15(18)11-13-7-5-6-8-13/h2-5,7,9-10,12-13H,6,8,11H2,1H3,(H,17,19)/t12-,13-/m1/s1. The van der Waals surface area contributed by atoms with Crippen LogP contribution in [0.15, 0.2) is 42.5 Å². The maximum Gasteiger partial charge on any atom is 0.307 e. The van der Waals surface area contributed by atoms with Gasteiger partial charge in [0.2, 0.25) is 0 Å². The van der Waals surface area contributed by atoms with Crippen LogP contribution in [0.1, 0.15) is 26.2 Å². The van der Waals surface area contributed by atoms with Gasteiger partial charge in [-0.25, -0.2) is 0 Å². The zero-order valence-electron chi connectivity index (χ0n) is 11.5. The molecule has 0 aromatic heterocycles. The molecule has 0 heterocycles. The summed E-state index contributed by atoms with van der Waals surface area (Å²) in [6.07, 6.45) is 5.67. The van der Waals surface area contributed by atoms with Crippen LogP contribution in [0.4, 0.5) is 5.69 Å². The van der Waals surface area contributed by atoms with Crippen molar-refractivity contribution in [3.8, 4) is 0 Å². The average Bonchev–Trinajstić information content (AvgIpc) is 2.92. The fourth-order valence-corrected chi connectivity index (χ4v) is 2.14. The molecule has 0 bridgehead atoms. The molecular weight excluding hydrogens is 254 g/mol. The van der Waals surface area contributed by atoms with Crippen LogP contribution < -0.4 is 5.32 Å². The van der Waals surface area contributed by atoms with Crippen LogP contribution in [-0.4, -0.2) is 18.0 Å². The molecule has 0 saturated carbocycles. The van der Waals surface area contributed by atoms with Gasteiger partial charge in [0.25, 0.3) is 5.91 Å². The number of hydrogen-bond donors (Lipinski definition) is 1. The van der Waals surface area contributed by atoms with Gasteiger partial charge in [0.15, 0.2) is 6.10 Å². The minimum Gasteiger partial charge on any atom is -0.453 e. The highest BCUT2D eigenvalue weighted by Gasteiger charge is 2.20. The fourth-order valence-electron chi connectivity index (χ4n) is 2.14. The first-order chi connectivity index (χ1) is 9.65. The van der Waals surface area contributed by atoms with Gasteiger partial charge >= 0.3 is 5.97 Å². The van der Waals surface area contributed by atoms with Crippen molar-refractivity contribution in [1.29, 1.82) is 0 Å². The van der Waals surface area contributed by atoms with Crippen LogP contribution in [0.25, 0.3) is 0 Å². The normalized spacial score (nSPS) is 18.6. The van der Waals surface area contributed by atoms with Crippen molar-refractivity contribution in [3.63, 3.8) is 0 Å². The summed E-state index contributed by atoms with van der Waals surface area (Å²) in [5, 5.41) is 2.71. The molecule has 20 heavy (non-hydrogen) atoms. The number of esters is 1. The van der Waals surface area contributed by atoms with E-state index in [1.807, 2.05) is 24.3 Å². The molecule has 1 aliphatic carbocycles. The Bertz CT molecular complexity index is 496. The van der Waals surface area contributed by atoms with E-state index in [4.69, 9.17) is 4.74 Å². The number of carbonyl (C=O) groups is 2. The van der Waals surface area contributed by atoms with Crippen LogP contribution >= 0.6 is 0 Å². The fraction of sp³-hybridized carbons (Fsp3) is 0.375. The van der Waals surface area contributed by atoms with Crippen molar-refractivity contribution in [2.45, 2.75) is 32.3 Å². The number of ether oxygens (including phenoxy) is 1. The Kier molecular flexibility index (Phi) is 4.93. The summed E-state index contributed by atoms with van der Waals surface area (Å²) in [6.45, 7) is 1.58. The minimum absolute atomic E-state index is 0.256. The Hall–Kier alpha value is -2.10. The van der Waals surface area contributed by atoms with Crippen LogP contribution in [0.3, 0.4) is 0 Å². The van der Waals surface area contributed by atoms with Crippen molar-refractivity contribution in [1.82, 2.24) is 0 Å². The highest BCUT2D eigenvalue weighted by molar-refractivity contribution is 5.95. The Morgan fingerprint density at radius 3 is 2.75 bits per heavy atom. The molecule has 1 aliphatic rings. The Balaban J connectivity index is 1.78. The number of carbonyl (C=O) groups excluding carboxylic acids is 2. The molecule has 0 fully saturated rings. The molecule has 4 nitrogen and oxygen atoms in total. The summed E-state index contributed by atoms with van der Waals surface area (Å²) in [5.41, 5.74) is 0.694. The average molecular weight is 273 g/mol. The first kappa shape index (κ1) is 14.3. The van der Waals surface area contributed by atoms with Crippen LogP contribution in [0, 0.1) is 5.92 Å². The van der Waals surface area contributed by atoms with Crippen molar-refractivity contribution in [2.24, 2.45) is 5.92 Å². The Morgan fingerprint density at radius 2 is 2.10 bits per heavy atom. The van der Waals surface area contributed by atoms with E-state index in [9.17, 15) is 9.59 Å². The second kappa shape index (κ2) is 6.89. The van der Waals surface area contributed by atoms with Gasteiger partial charge < -0.3 is 10.1 Å². The van der Waals surface area contributed by atoms with Gasteiger partial charge in [-0.2, -0.15) is 0 Å². The summed E-state index contributed by atoms with van der Waals surface area (Å²) in [4.78, 5) is 23.6. The number of rotatable bonds is 5. The third-order valence-electron chi connectivity index (χ3n) is 3.26. The van der Waals surface area contributed by atoms with Crippen LogP contribution in [0.2, 0.25) is 0 Å². The van der Waals surface area contributed by atoms with Crippen molar-refractivity contribution in [3.05, 3.63) is 42.5 Å². The molecule has 1 amide bonds. The Morgan fingerprint density at radius 1 is 1.35 bits per heavy atom. The number of nitrogens with one attached hydrogen (secondary N) is 1. The molecule has 0 aliphatic heterocycles. The summed E-state index contributed by atoms with van der Waals surface area (Å²) in [7, 11) is 0. The number of allylic oxidation sites excluding steroid dienone is 2. The van der Waals surface area contributed by atoms with Gasteiger partial charge in [-0.1, -0.05) is 30.4 Å². The lowest BCUT2D eigenvalue weighted by Gasteiger charge is -2.14. The van der Waals surface area contributed by atoms with Crippen LogP contribution in [-0.2, 0) is 14.3 Å². The van der Waals surface area contributed by atoms with Gasteiger partial charge in [-0.15, -0.1) is 0 Å². The zero-order chi connectivity index (χ0) is 14.4. The molecule has 0 radical (unpaired) electrons. The largest absolute Gasteiger partial charge is 0.453 e. The van der Waals surface area contributed by atoms with Crippen LogP contribution in [0.5, 0.6) is 0 Å². The quantitative estimate of drug-likeness (QED) is 0.663. The van der Waals surface area contributed by atoms with E-state index in [-0.39, 0.29) is 17.8 Å². The number of hydrogen-bond acceptors (Lipinski definition) is 3. The molecule has 1 aromatic carbocycles. The van der Waals surface area contributed by atoms with Gasteiger partial charge in [-0.05, 0) is 37.8 Å². The number of amides is 1. The molecule has 2 rings (SSSR count). The summed E-state index contributed by atoms with van der Waals surface area (Å²) in [5.74, 6) is -0.379. The topological polar surface area (TPSA) is 55.4 Å². The highest BCUT2D eigenvalue weighted by Crippen LogP contribution is 2.21. The molecule has 4 heteroatoms. The molecule has 1 N–H and O–H groups in total.